The smallest absolute Gasteiger partial charge is 0.359 e. The Morgan fingerprint density at radius 1 is 1.03 bits per heavy atom. The summed E-state index contributed by atoms with van der Waals surface area (Å²) in [6.45, 7) is 3.72. The van der Waals surface area contributed by atoms with Crippen molar-refractivity contribution in [1.82, 2.24) is 9.78 Å². The Hall–Kier alpha value is -4.46. The van der Waals surface area contributed by atoms with Crippen LogP contribution in [0.25, 0.3) is 11.8 Å². The Balaban J connectivity index is 1.70. The first-order valence-corrected chi connectivity index (χ1v) is 10.8. The molecule has 0 radical (unpaired) electrons. The summed E-state index contributed by atoms with van der Waals surface area (Å²) in [5.74, 6) is -0.420. The lowest BCUT2D eigenvalue weighted by Gasteiger charge is -2.10. The number of nitrogens with zero attached hydrogens (tertiary/aromatic N) is 4. The fourth-order valence-corrected chi connectivity index (χ4v) is 3.55. The van der Waals surface area contributed by atoms with Crippen molar-refractivity contribution in [3.8, 4) is 11.6 Å². The molecule has 0 bridgehead atoms. The molecule has 34 heavy (non-hydrogen) atoms. The molecule has 2 heterocycles. The van der Waals surface area contributed by atoms with Crippen molar-refractivity contribution in [1.29, 1.82) is 0 Å². The van der Waals surface area contributed by atoms with Crippen molar-refractivity contribution in [2.75, 3.05) is 18.7 Å². The second kappa shape index (κ2) is 9.99. The summed E-state index contributed by atoms with van der Waals surface area (Å²) in [5.41, 5.74) is 3.03. The number of hydrazone groups is 1. The molecule has 172 valence electrons. The first-order valence-electron chi connectivity index (χ1n) is 10.8. The number of methoxy groups -OCH3 is 1. The molecule has 8 heteroatoms. The molecule has 2 aromatic carbocycles. The van der Waals surface area contributed by atoms with E-state index in [-0.39, 0.29) is 18.2 Å². The van der Waals surface area contributed by atoms with Gasteiger partial charge in [0.15, 0.2) is 5.69 Å². The van der Waals surface area contributed by atoms with Crippen LogP contribution in [0.1, 0.15) is 29.9 Å². The molecule has 0 aliphatic carbocycles. The molecule has 3 aromatic rings. The van der Waals surface area contributed by atoms with Crippen LogP contribution in [0.4, 0.5) is 5.69 Å². The molecule has 0 atom stereocenters. The number of carbonyl (C=O) groups is 2. The van der Waals surface area contributed by atoms with Crippen LogP contribution in [0.3, 0.4) is 0 Å². The largest absolute Gasteiger partial charge is 0.480 e. The van der Waals surface area contributed by atoms with Gasteiger partial charge >= 0.3 is 5.97 Å². The van der Waals surface area contributed by atoms with Crippen LogP contribution in [0.15, 0.2) is 83.5 Å². The Morgan fingerprint density at radius 2 is 1.68 bits per heavy atom. The van der Waals surface area contributed by atoms with Gasteiger partial charge in [-0.15, -0.1) is 0 Å². The summed E-state index contributed by atoms with van der Waals surface area (Å²) in [4.78, 5) is 25.5. The predicted molar refractivity (Wildman–Crippen MR) is 130 cm³/mol. The highest BCUT2D eigenvalue weighted by Crippen LogP contribution is 2.29. The average Bonchev–Trinajstić information content (AvgIpc) is 3.37. The monoisotopic (exact) mass is 456 g/mol. The number of amides is 1. The first-order chi connectivity index (χ1) is 16.5. The van der Waals surface area contributed by atoms with Gasteiger partial charge in [0.1, 0.15) is 0 Å². The minimum absolute atomic E-state index is 0.117. The second-order valence-electron chi connectivity index (χ2n) is 7.32. The summed E-state index contributed by atoms with van der Waals surface area (Å²) in [6.07, 6.45) is 5.02. The third kappa shape index (κ3) is 4.38. The SMILES string of the molecule is CCOC(=O)c1nn(-c2ccccc2)c(OC)c1C=CC=C1C(=O)N(c2ccccc2)N=C1C. The topological polar surface area (TPSA) is 86.0 Å². The molecule has 0 saturated heterocycles. The van der Waals surface area contributed by atoms with Gasteiger partial charge in [0.05, 0.1) is 41.9 Å². The van der Waals surface area contributed by atoms with E-state index in [1.807, 2.05) is 60.7 Å². The summed E-state index contributed by atoms with van der Waals surface area (Å²) < 4.78 is 12.3. The number of hydrogen-bond donors (Lipinski definition) is 0. The lowest BCUT2D eigenvalue weighted by Crippen LogP contribution is -2.21. The minimum Gasteiger partial charge on any atom is -0.480 e. The fraction of sp³-hybridized carbons (Fsp3) is 0.154. The number of rotatable bonds is 7. The second-order valence-corrected chi connectivity index (χ2v) is 7.32. The van der Waals surface area contributed by atoms with Crippen molar-refractivity contribution in [3.63, 3.8) is 0 Å². The molecule has 0 unspecified atom stereocenters. The molecule has 1 aromatic heterocycles. The zero-order valence-electron chi connectivity index (χ0n) is 19.1. The van der Waals surface area contributed by atoms with E-state index in [1.165, 1.54) is 12.1 Å². The quantitative estimate of drug-likeness (QED) is 0.388. The maximum atomic E-state index is 12.9. The van der Waals surface area contributed by atoms with Gasteiger partial charge in [-0.1, -0.05) is 42.5 Å². The molecular weight excluding hydrogens is 432 g/mol. The first kappa shape index (κ1) is 22.7. The standard InChI is InChI=1S/C26H24N4O4/c1-4-34-26(32)23-22(25(33-3)30(28-23)20-14-9-6-10-15-20)17-11-16-21-18(2)27-29(24(21)31)19-12-7-5-8-13-19/h5-17H,4H2,1-3H3. The molecular formula is C26H24N4O4. The number of allylic oxidation sites excluding steroid dienone is 2. The average molecular weight is 457 g/mol. The molecule has 1 amide bonds. The van der Waals surface area contributed by atoms with Crippen molar-refractivity contribution in [3.05, 3.63) is 89.6 Å². The van der Waals surface area contributed by atoms with E-state index in [0.29, 0.717) is 28.4 Å². The van der Waals surface area contributed by atoms with Crippen LogP contribution < -0.4 is 9.75 Å². The van der Waals surface area contributed by atoms with Crippen molar-refractivity contribution >= 4 is 29.4 Å². The molecule has 0 saturated carbocycles. The van der Waals surface area contributed by atoms with E-state index < -0.39 is 5.97 Å². The zero-order chi connectivity index (χ0) is 24.1. The van der Waals surface area contributed by atoms with Gasteiger partial charge in [-0.05, 0) is 50.3 Å². The van der Waals surface area contributed by atoms with Crippen molar-refractivity contribution < 1.29 is 19.1 Å². The maximum Gasteiger partial charge on any atom is 0.359 e. The van der Waals surface area contributed by atoms with E-state index in [0.717, 1.165) is 5.69 Å². The van der Waals surface area contributed by atoms with E-state index >= 15 is 0 Å². The van der Waals surface area contributed by atoms with E-state index in [9.17, 15) is 9.59 Å². The number of esters is 1. The Labute approximate surface area is 197 Å². The number of aromatic nitrogens is 2. The van der Waals surface area contributed by atoms with Crippen LogP contribution >= 0.6 is 0 Å². The third-order valence-electron chi connectivity index (χ3n) is 5.13. The number of ether oxygens (including phenoxy) is 2. The lowest BCUT2D eigenvalue weighted by molar-refractivity contribution is -0.114. The van der Waals surface area contributed by atoms with E-state index in [2.05, 4.69) is 10.2 Å². The Bertz CT molecular complexity index is 1290. The highest BCUT2D eigenvalue weighted by molar-refractivity contribution is 6.29. The molecule has 1 aliphatic heterocycles. The number of para-hydroxylation sites is 2. The molecule has 0 fully saturated rings. The van der Waals surface area contributed by atoms with Gasteiger partial charge < -0.3 is 9.47 Å². The van der Waals surface area contributed by atoms with E-state index in [4.69, 9.17) is 9.47 Å². The highest BCUT2D eigenvalue weighted by Gasteiger charge is 2.28. The molecule has 0 N–H and O–H groups in total. The number of carbonyl (C=O) groups excluding carboxylic acids is 2. The lowest BCUT2D eigenvalue weighted by atomic mass is 10.1. The molecule has 1 aliphatic rings. The van der Waals surface area contributed by atoms with Crippen LogP contribution in [0.5, 0.6) is 5.88 Å². The molecule has 8 nitrogen and oxygen atoms in total. The van der Waals surface area contributed by atoms with Gasteiger partial charge in [-0.3, -0.25) is 4.79 Å². The summed E-state index contributed by atoms with van der Waals surface area (Å²) in [5, 5.41) is 10.2. The van der Waals surface area contributed by atoms with E-state index in [1.54, 1.807) is 36.8 Å². The summed E-state index contributed by atoms with van der Waals surface area (Å²) in [7, 11) is 1.51. The Morgan fingerprint density at radius 3 is 2.29 bits per heavy atom. The van der Waals surface area contributed by atoms with Crippen molar-refractivity contribution in [2.45, 2.75) is 13.8 Å². The minimum atomic E-state index is -0.562. The summed E-state index contributed by atoms with van der Waals surface area (Å²) >= 11 is 0. The highest BCUT2D eigenvalue weighted by atomic mass is 16.5. The normalized spacial score (nSPS) is 14.7. The van der Waals surface area contributed by atoms with Crippen LogP contribution in [0.2, 0.25) is 0 Å². The number of anilines is 1. The Kier molecular flexibility index (Phi) is 6.68. The summed E-state index contributed by atoms with van der Waals surface area (Å²) in [6, 6.07) is 18.6. The maximum absolute atomic E-state index is 12.9. The van der Waals surface area contributed by atoms with Gasteiger partial charge in [0.25, 0.3) is 5.91 Å². The van der Waals surface area contributed by atoms with Gasteiger partial charge in [-0.2, -0.15) is 19.9 Å². The number of benzene rings is 2. The third-order valence-corrected chi connectivity index (χ3v) is 5.13. The van der Waals surface area contributed by atoms with Crippen LogP contribution in [-0.4, -0.2) is 41.1 Å². The van der Waals surface area contributed by atoms with Crippen LogP contribution in [-0.2, 0) is 9.53 Å². The van der Waals surface area contributed by atoms with Gasteiger partial charge in [0.2, 0.25) is 5.88 Å². The van der Waals surface area contributed by atoms with Gasteiger partial charge in [-0.25, -0.2) is 4.79 Å². The van der Waals surface area contributed by atoms with Crippen LogP contribution in [0, 0.1) is 0 Å². The molecule has 4 rings (SSSR count). The fourth-order valence-electron chi connectivity index (χ4n) is 3.55. The van der Waals surface area contributed by atoms with Crippen molar-refractivity contribution in [2.24, 2.45) is 5.10 Å². The predicted octanol–water partition coefficient (Wildman–Crippen LogP) is 4.42. The number of hydrogen-bond acceptors (Lipinski definition) is 6. The molecule has 0 spiro atoms. The zero-order valence-corrected chi connectivity index (χ0v) is 19.1. The van der Waals surface area contributed by atoms with Gasteiger partial charge in [0, 0.05) is 0 Å².